The first-order valence-corrected chi connectivity index (χ1v) is 12.6. The highest BCUT2D eigenvalue weighted by Crippen LogP contribution is 2.38. The molecule has 1 aliphatic heterocycles. The van der Waals surface area contributed by atoms with Crippen LogP contribution >= 0.6 is 12.2 Å². The van der Waals surface area contributed by atoms with Crippen LogP contribution in [0.15, 0.2) is 42.6 Å². The Morgan fingerprint density at radius 3 is 2.45 bits per heavy atom. The summed E-state index contributed by atoms with van der Waals surface area (Å²) in [4.78, 5) is 15.8. The van der Waals surface area contributed by atoms with Crippen molar-refractivity contribution in [2.75, 3.05) is 4.90 Å². The minimum Gasteiger partial charge on any atom is -0.390 e. The minimum atomic E-state index is -4.81. The zero-order valence-electron chi connectivity index (χ0n) is 22.1. The molecule has 0 saturated carbocycles. The second kappa shape index (κ2) is 10.3. The number of benzene rings is 2. The molecule has 8 nitrogen and oxygen atoms in total. The van der Waals surface area contributed by atoms with E-state index in [9.17, 15) is 23.1 Å². The van der Waals surface area contributed by atoms with Gasteiger partial charge in [-0.25, -0.2) is 9.07 Å². The van der Waals surface area contributed by atoms with Crippen molar-refractivity contribution in [3.8, 4) is 11.8 Å². The van der Waals surface area contributed by atoms with Crippen LogP contribution in [0.3, 0.4) is 0 Å². The summed E-state index contributed by atoms with van der Waals surface area (Å²) in [6.45, 7) is 6.51. The Labute approximate surface area is 233 Å². The molecule has 3 aromatic rings. The van der Waals surface area contributed by atoms with Crippen LogP contribution < -0.4 is 4.90 Å². The Bertz CT molecular complexity index is 1520. The molecule has 1 amide bonds. The van der Waals surface area contributed by atoms with Crippen LogP contribution in [0.5, 0.6) is 0 Å². The van der Waals surface area contributed by atoms with Gasteiger partial charge in [-0.1, -0.05) is 11.3 Å². The number of hydrogen-bond donors (Lipinski definition) is 1. The van der Waals surface area contributed by atoms with Gasteiger partial charge >= 0.3 is 6.18 Å². The molecule has 0 aliphatic carbocycles. The molecule has 1 aliphatic rings. The van der Waals surface area contributed by atoms with E-state index in [0.29, 0.717) is 24.1 Å². The fraction of sp³-hybridized carbons (Fsp3) is 0.370. The number of thiocarbonyl (C=S) groups is 1. The van der Waals surface area contributed by atoms with Gasteiger partial charge in [-0.2, -0.15) is 18.4 Å². The Morgan fingerprint density at radius 2 is 1.85 bits per heavy atom. The number of hydrogen-bond acceptors (Lipinski definition) is 6. The second-order valence-electron chi connectivity index (χ2n) is 10.7. The van der Waals surface area contributed by atoms with Gasteiger partial charge in [0.1, 0.15) is 17.0 Å². The number of rotatable bonds is 7. The standard InChI is InChI=1S/C27H26F4N6O2S/c1-25(2,39)10-9-18-15-36(34-33-18)22-8-5-16(11-21(22)28)14-35-24(40)37(23(38)26(35,3)4)19-7-6-17(13-32)20(12-19)27(29,30)31/h5-8,11-12,15,39H,9-10,14H2,1-4H3. The van der Waals surface area contributed by atoms with Gasteiger partial charge < -0.3 is 10.0 Å². The number of alkyl halides is 3. The summed E-state index contributed by atoms with van der Waals surface area (Å²) in [5.41, 5.74) is -2.80. The van der Waals surface area contributed by atoms with Gasteiger partial charge in [0.2, 0.25) is 0 Å². The number of aryl methyl sites for hydroxylation is 1. The minimum absolute atomic E-state index is 0.00186. The SMILES string of the molecule is CC(C)(O)CCc1cn(-c2ccc(CN3C(=S)N(c4ccc(C#N)c(C(F)(F)F)c4)C(=O)C3(C)C)cc2F)nn1. The lowest BCUT2D eigenvalue weighted by atomic mass is 10.0. The Hall–Kier alpha value is -3.89. The Morgan fingerprint density at radius 1 is 1.15 bits per heavy atom. The smallest absolute Gasteiger partial charge is 0.390 e. The molecular formula is C27H26F4N6O2S. The van der Waals surface area contributed by atoms with Crippen molar-refractivity contribution >= 4 is 28.9 Å². The van der Waals surface area contributed by atoms with E-state index >= 15 is 4.39 Å². The summed E-state index contributed by atoms with van der Waals surface area (Å²) in [7, 11) is 0. The molecule has 4 rings (SSSR count). The van der Waals surface area contributed by atoms with Crippen molar-refractivity contribution in [3.05, 3.63) is 70.8 Å². The van der Waals surface area contributed by atoms with E-state index < -0.39 is 40.2 Å². The molecule has 1 saturated heterocycles. The maximum Gasteiger partial charge on any atom is 0.417 e. The first kappa shape index (κ1) is 29.1. The summed E-state index contributed by atoms with van der Waals surface area (Å²) in [6, 6.07) is 8.87. The molecule has 0 spiro atoms. The van der Waals surface area contributed by atoms with E-state index in [1.54, 1.807) is 40.0 Å². The Kier molecular flexibility index (Phi) is 7.46. The number of carbonyl (C=O) groups is 1. The lowest BCUT2D eigenvalue weighted by Gasteiger charge is -2.29. The van der Waals surface area contributed by atoms with Crippen LogP contribution in [0.25, 0.3) is 5.69 Å². The summed E-state index contributed by atoms with van der Waals surface area (Å²) < 4.78 is 57.0. The third-order valence-electron chi connectivity index (χ3n) is 6.64. The van der Waals surface area contributed by atoms with E-state index in [2.05, 4.69) is 10.3 Å². The molecule has 0 radical (unpaired) electrons. The summed E-state index contributed by atoms with van der Waals surface area (Å²) in [6.07, 6.45) is -2.32. The molecule has 0 atom stereocenters. The van der Waals surface area contributed by atoms with Gasteiger partial charge in [0.15, 0.2) is 5.11 Å². The molecule has 1 N–H and O–H groups in total. The van der Waals surface area contributed by atoms with Crippen molar-refractivity contribution in [2.45, 2.75) is 64.4 Å². The first-order chi connectivity index (χ1) is 18.5. The molecule has 210 valence electrons. The average molecular weight is 575 g/mol. The van der Waals surface area contributed by atoms with Crippen LogP contribution in [0.1, 0.15) is 56.5 Å². The van der Waals surface area contributed by atoms with Crippen molar-refractivity contribution in [3.63, 3.8) is 0 Å². The van der Waals surface area contributed by atoms with Crippen molar-refractivity contribution in [1.29, 1.82) is 5.26 Å². The number of amides is 1. The van der Waals surface area contributed by atoms with Gasteiger partial charge in [0.25, 0.3) is 5.91 Å². The molecule has 40 heavy (non-hydrogen) atoms. The van der Waals surface area contributed by atoms with Gasteiger partial charge in [-0.15, -0.1) is 5.10 Å². The van der Waals surface area contributed by atoms with Gasteiger partial charge in [-0.05, 0) is 88.6 Å². The number of carbonyl (C=O) groups excluding carboxylic acids is 1. The summed E-state index contributed by atoms with van der Waals surface area (Å²) >= 11 is 5.51. The lowest BCUT2D eigenvalue weighted by molar-refractivity contribution is -0.137. The zero-order valence-corrected chi connectivity index (χ0v) is 22.9. The highest BCUT2D eigenvalue weighted by molar-refractivity contribution is 7.80. The number of nitrogens with zero attached hydrogens (tertiary/aromatic N) is 6. The molecule has 1 fully saturated rings. The highest BCUT2D eigenvalue weighted by atomic mass is 32.1. The number of anilines is 1. The number of aromatic nitrogens is 3. The van der Waals surface area contributed by atoms with Crippen molar-refractivity contribution in [2.24, 2.45) is 0 Å². The van der Waals surface area contributed by atoms with Crippen LogP contribution in [0.4, 0.5) is 23.2 Å². The van der Waals surface area contributed by atoms with E-state index in [1.807, 2.05) is 0 Å². The molecule has 0 unspecified atom stereocenters. The van der Waals surface area contributed by atoms with Crippen LogP contribution in [0, 0.1) is 17.1 Å². The molecular weight excluding hydrogens is 548 g/mol. The van der Waals surface area contributed by atoms with E-state index in [1.165, 1.54) is 33.9 Å². The Balaban J connectivity index is 1.58. The second-order valence-corrected chi connectivity index (χ2v) is 11.0. The van der Waals surface area contributed by atoms with E-state index in [4.69, 9.17) is 17.5 Å². The highest BCUT2D eigenvalue weighted by Gasteiger charge is 2.50. The molecule has 2 aromatic carbocycles. The van der Waals surface area contributed by atoms with Crippen molar-refractivity contribution < 1.29 is 27.5 Å². The molecule has 1 aromatic heterocycles. The third kappa shape index (κ3) is 5.68. The van der Waals surface area contributed by atoms with Crippen LogP contribution in [-0.2, 0) is 23.9 Å². The quantitative estimate of drug-likeness (QED) is 0.316. The fourth-order valence-electron chi connectivity index (χ4n) is 4.31. The predicted octanol–water partition coefficient (Wildman–Crippen LogP) is 4.91. The van der Waals surface area contributed by atoms with E-state index in [-0.39, 0.29) is 23.0 Å². The van der Waals surface area contributed by atoms with Crippen molar-refractivity contribution in [1.82, 2.24) is 19.9 Å². The van der Waals surface area contributed by atoms with E-state index in [0.717, 1.165) is 17.0 Å². The van der Waals surface area contributed by atoms with Gasteiger partial charge in [-0.3, -0.25) is 9.69 Å². The van der Waals surface area contributed by atoms with Gasteiger partial charge in [0.05, 0.1) is 40.4 Å². The average Bonchev–Trinajstić information content (AvgIpc) is 3.39. The number of aliphatic hydroxyl groups is 1. The topological polar surface area (TPSA) is 98.3 Å². The first-order valence-electron chi connectivity index (χ1n) is 12.2. The predicted molar refractivity (Wildman–Crippen MR) is 142 cm³/mol. The van der Waals surface area contributed by atoms with Crippen LogP contribution in [-0.4, -0.2) is 47.2 Å². The maximum absolute atomic E-state index is 15.1. The monoisotopic (exact) mass is 574 g/mol. The molecule has 13 heteroatoms. The molecule has 2 heterocycles. The largest absolute Gasteiger partial charge is 0.417 e. The van der Waals surface area contributed by atoms with Crippen LogP contribution in [0.2, 0.25) is 0 Å². The summed E-state index contributed by atoms with van der Waals surface area (Å²) in [5.74, 6) is -1.17. The lowest BCUT2D eigenvalue weighted by Crippen LogP contribution is -2.43. The zero-order chi connectivity index (χ0) is 29.6. The number of nitriles is 1. The normalized spacial score (nSPS) is 15.6. The van der Waals surface area contributed by atoms with Gasteiger partial charge in [0, 0.05) is 6.54 Å². The molecule has 0 bridgehead atoms. The fourth-order valence-corrected chi connectivity index (χ4v) is 4.79. The third-order valence-corrected chi connectivity index (χ3v) is 7.05. The summed E-state index contributed by atoms with van der Waals surface area (Å²) in [5, 5.41) is 26.9. The number of halogens is 4. The maximum atomic E-state index is 15.1.